The molecule has 0 radical (unpaired) electrons. The minimum absolute atomic E-state index is 0.0474. The van der Waals surface area contributed by atoms with E-state index in [0.29, 0.717) is 0 Å². The van der Waals surface area contributed by atoms with Crippen molar-refractivity contribution in [1.29, 1.82) is 0 Å². The lowest BCUT2D eigenvalue weighted by molar-refractivity contribution is 0.173. The van der Waals surface area contributed by atoms with Crippen LogP contribution < -0.4 is 19.5 Å². The van der Waals surface area contributed by atoms with Gasteiger partial charge in [0.05, 0.1) is 9.30 Å². The summed E-state index contributed by atoms with van der Waals surface area (Å²) in [6, 6.07) is 6.61. The Morgan fingerprint density at radius 3 is 2.96 bits per heavy atom. The summed E-state index contributed by atoms with van der Waals surface area (Å²) in [6.07, 6.45) is -3.47. The third-order valence-electron chi connectivity index (χ3n) is 3.31. The molecule has 1 unspecified atom stereocenters. The molecule has 2 atom stereocenters. The van der Waals surface area contributed by atoms with Gasteiger partial charge >= 0.3 is 0 Å². The van der Waals surface area contributed by atoms with Crippen LogP contribution in [-0.2, 0) is 0 Å². The highest BCUT2D eigenvalue weighted by atomic mass is 19.1. The number of nitrogens with one attached hydrogen (secondary N) is 1. The van der Waals surface area contributed by atoms with Crippen LogP contribution in [0.25, 0.3) is 0 Å². The van der Waals surface area contributed by atoms with Gasteiger partial charge in [0.25, 0.3) is 0 Å². The minimum atomic E-state index is -3.58. The van der Waals surface area contributed by atoms with E-state index < -0.39 is 61.6 Å². The van der Waals surface area contributed by atoms with Crippen LogP contribution in [0.4, 0.5) is 4.39 Å². The van der Waals surface area contributed by atoms with Crippen LogP contribution >= 0.6 is 0 Å². The number of hydrogen-bond acceptors (Lipinski definition) is 4. The predicted molar refractivity (Wildman–Crippen MR) is 88.2 cm³/mol. The second kappa shape index (κ2) is 6.69. The average Bonchev–Trinajstić information content (AvgIpc) is 3.03. The molecule has 5 heteroatoms. The monoisotopic (exact) mass is 341 g/mol. The van der Waals surface area contributed by atoms with Gasteiger partial charge in [0.2, 0.25) is 6.75 Å². The van der Waals surface area contributed by atoms with Gasteiger partial charge in [-0.25, -0.2) is 4.39 Å². The quantitative estimate of drug-likeness (QED) is 0.926. The first kappa shape index (κ1) is 6.92. The summed E-state index contributed by atoms with van der Waals surface area (Å²) < 4.78 is 129. The fourth-order valence-electron chi connectivity index (χ4n) is 2.16. The highest BCUT2D eigenvalue weighted by Crippen LogP contribution is 2.36. The molecule has 2 aliphatic rings. The lowest BCUT2D eigenvalue weighted by Crippen LogP contribution is -2.38. The van der Waals surface area contributed by atoms with Crippen LogP contribution in [0, 0.1) is 11.7 Å². The fourth-order valence-corrected chi connectivity index (χ4v) is 2.16. The molecule has 0 aromatic heterocycles. The fraction of sp³-hybridized carbons (Fsp3) is 0.368. The molecule has 2 heterocycles. The van der Waals surface area contributed by atoms with Crippen molar-refractivity contribution in [3.63, 3.8) is 0 Å². The second-order valence-electron chi connectivity index (χ2n) is 4.86. The van der Waals surface area contributed by atoms with Gasteiger partial charge in [-0.2, -0.15) is 0 Å². The molecular weight excluding hydrogens is 309 g/mol. The van der Waals surface area contributed by atoms with Crippen molar-refractivity contribution in [3.05, 3.63) is 53.8 Å². The number of halogens is 1. The summed E-state index contributed by atoms with van der Waals surface area (Å²) in [6.45, 7) is -12.8. The number of benzene rings is 2. The third kappa shape index (κ3) is 3.17. The molecule has 0 aliphatic carbocycles. The lowest BCUT2D eigenvalue weighted by atomic mass is 9.81. The molecule has 0 saturated carbocycles. The molecule has 1 N–H and O–H groups in total. The van der Waals surface area contributed by atoms with E-state index >= 15 is 0 Å². The molecule has 0 bridgehead atoms. The van der Waals surface area contributed by atoms with Gasteiger partial charge in [0.1, 0.15) is 14.3 Å². The van der Waals surface area contributed by atoms with Crippen LogP contribution in [0.1, 0.15) is 34.3 Å². The molecule has 0 amide bonds. The molecule has 2 aromatic carbocycles. The zero-order valence-corrected chi connectivity index (χ0v) is 12.1. The number of fused-ring (bicyclic) bond motifs is 1. The van der Waals surface area contributed by atoms with Crippen molar-refractivity contribution in [2.45, 2.75) is 12.3 Å². The minimum Gasteiger partial charge on any atom is -0.493 e. The van der Waals surface area contributed by atoms with E-state index in [4.69, 9.17) is 30.7 Å². The van der Waals surface area contributed by atoms with Crippen molar-refractivity contribution < 1.29 is 35.1 Å². The van der Waals surface area contributed by atoms with Gasteiger partial charge in [-0.1, -0.05) is 12.1 Å². The third-order valence-corrected chi connectivity index (χ3v) is 3.31. The Kier molecular flexibility index (Phi) is 1.93. The SMILES string of the molecule is [2H]C1([2H])Oc2ccc(OC([2H])([2H])[C@@]3([2H])C([2H])([2H])NC([2H])([2H])C([2H])([2H])C3([2H])c3ccc(F)cc3)cc2O1. The van der Waals surface area contributed by atoms with Crippen LogP contribution in [0.5, 0.6) is 17.2 Å². The van der Waals surface area contributed by atoms with E-state index in [1.807, 2.05) is 0 Å². The molecule has 126 valence electrons. The van der Waals surface area contributed by atoms with Crippen LogP contribution in [-0.4, -0.2) is 26.3 Å². The molecular formula is C19H20FNO3. The van der Waals surface area contributed by atoms with E-state index in [0.717, 1.165) is 36.4 Å². The van der Waals surface area contributed by atoms with E-state index in [1.165, 1.54) is 6.07 Å². The first-order chi connectivity index (χ1) is 16.2. The molecule has 1 saturated heterocycles. The summed E-state index contributed by atoms with van der Waals surface area (Å²) >= 11 is 0. The number of hydrogen-bond donors (Lipinski definition) is 1. The van der Waals surface area contributed by atoms with Crippen molar-refractivity contribution in [2.24, 2.45) is 5.89 Å². The summed E-state index contributed by atoms with van der Waals surface area (Å²) in [7, 11) is 0. The van der Waals surface area contributed by atoms with Gasteiger partial charge in [-0.3, -0.25) is 0 Å². The van der Waals surface area contributed by atoms with Crippen LogP contribution in [0.3, 0.4) is 0 Å². The maximum atomic E-state index is 13.6. The largest absolute Gasteiger partial charge is 0.493 e. The first-order valence-electron chi connectivity index (χ1n) is 13.0. The number of ether oxygens (including phenoxy) is 3. The zero-order valence-electron chi connectivity index (χ0n) is 24.1. The lowest BCUT2D eigenvalue weighted by Gasteiger charge is -2.32. The van der Waals surface area contributed by atoms with Gasteiger partial charge in [0, 0.05) is 29.4 Å². The van der Waals surface area contributed by atoms with E-state index in [1.54, 1.807) is 5.32 Å². The molecule has 1 fully saturated rings. The molecule has 2 aromatic rings. The zero-order chi connectivity index (χ0) is 27.2. The standard InChI is InChI=1S/C19H20FNO3/c20-15-3-1-13(2-4-15)17-7-8-21-10-14(17)11-22-16-5-6-18-19(9-16)24-12-23-18/h1-6,9,14,17,21H,7-8,10-12H2/t14-,17?/m1/s1/i7D2,8D2,10D2,11D2,12D2,14D,17D. The van der Waals surface area contributed by atoms with E-state index in [-0.39, 0.29) is 11.5 Å². The summed E-state index contributed by atoms with van der Waals surface area (Å²) in [4.78, 5) is 0. The summed E-state index contributed by atoms with van der Waals surface area (Å²) in [5, 5.41) is 1.69. The highest BCUT2D eigenvalue weighted by molar-refractivity contribution is 5.46. The Balaban J connectivity index is 1.89. The second-order valence-corrected chi connectivity index (χ2v) is 4.86. The Morgan fingerprint density at radius 1 is 1.25 bits per heavy atom. The van der Waals surface area contributed by atoms with E-state index in [9.17, 15) is 4.39 Å². The van der Waals surface area contributed by atoms with Gasteiger partial charge in [0.15, 0.2) is 11.5 Å². The topological polar surface area (TPSA) is 39.7 Å². The maximum Gasteiger partial charge on any atom is 0.231 e. The molecule has 24 heavy (non-hydrogen) atoms. The van der Waals surface area contributed by atoms with Crippen molar-refractivity contribution >= 4 is 0 Å². The highest BCUT2D eigenvalue weighted by Gasteiger charge is 2.27. The van der Waals surface area contributed by atoms with Crippen molar-refractivity contribution in [3.8, 4) is 17.2 Å². The Labute approximate surface area is 157 Å². The van der Waals surface area contributed by atoms with Crippen LogP contribution in [0.15, 0.2) is 42.5 Å². The van der Waals surface area contributed by atoms with Crippen molar-refractivity contribution in [1.82, 2.24) is 5.32 Å². The molecule has 2 aliphatic heterocycles. The number of rotatable bonds is 4. The van der Waals surface area contributed by atoms with Crippen LogP contribution in [0.2, 0.25) is 0 Å². The van der Waals surface area contributed by atoms with E-state index in [2.05, 4.69) is 0 Å². The molecule has 4 rings (SSSR count). The van der Waals surface area contributed by atoms with Gasteiger partial charge in [-0.15, -0.1) is 0 Å². The Hall–Kier alpha value is -2.27. The first-order valence-corrected chi connectivity index (χ1v) is 6.97. The summed E-state index contributed by atoms with van der Waals surface area (Å²) in [5.74, 6) is -8.39. The van der Waals surface area contributed by atoms with Gasteiger partial charge in [-0.05, 0) is 48.6 Å². The summed E-state index contributed by atoms with van der Waals surface area (Å²) in [5.41, 5.74) is -0.565. The van der Waals surface area contributed by atoms with Crippen molar-refractivity contribution in [2.75, 3.05) is 26.3 Å². The molecule has 0 spiro atoms. The van der Waals surface area contributed by atoms with Gasteiger partial charge < -0.3 is 19.5 Å². The smallest absolute Gasteiger partial charge is 0.231 e. The Morgan fingerprint density at radius 2 is 2.08 bits per heavy atom. The number of piperidine rings is 1. The predicted octanol–water partition coefficient (Wildman–Crippen LogP) is 3.33. The average molecular weight is 341 g/mol. The normalized spacial score (nSPS) is 44.9. The molecule has 4 nitrogen and oxygen atoms in total. The Bertz CT molecular complexity index is 1190. The maximum absolute atomic E-state index is 13.6.